The summed E-state index contributed by atoms with van der Waals surface area (Å²) in [6.45, 7) is 14.1. The Balaban J connectivity index is 1.20. The van der Waals surface area contributed by atoms with Crippen LogP contribution in [0, 0.1) is 0 Å². The molecule has 288 valence electrons. The first-order chi connectivity index (χ1) is 25.2. The van der Waals surface area contributed by atoms with Crippen LogP contribution >= 0.6 is 11.3 Å². The standard InChI is InChI=1S/C40H54N4O8S/c1-39(2,3)51-36(45)17-19-47-21-23-49-25-26-50-24-22-48-20-18-44(38(46)52-40(4,5)6)35-16-13-31(28-41-35)29-9-11-30(12-10-29)37-42-33-15-14-32(43(7)8)27-34(33)53-37/h9-16,27-28H,17-26H2,1-8H3. The van der Waals surface area contributed by atoms with Crippen molar-refractivity contribution in [1.29, 1.82) is 0 Å². The molecule has 13 heteroatoms. The van der Waals surface area contributed by atoms with Crippen LogP contribution in [0.25, 0.3) is 31.9 Å². The Kier molecular flexibility index (Phi) is 15.5. The third kappa shape index (κ3) is 14.3. The van der Waals surface area contributed by atoms with E-state index in [1.165, 1.54) is 4.90 Å². The first kappa shape index (κ1) is 41.6. The highest BCUT2D eigenvalue weighted by atomic mass is 32.1. The molecule has 0 N–H and O–H groups in total. The first-order valence-electron chi connectivity index (χ1n) is 17.9. The van der Waals surface area contributed by atoms with E-state index in [2.05, 4.69) is 52.3 Å². The summed E-state index contributed by atoms with van der Waals surface area (Å²) in [5, 5.41) is 0.971. The highest BCUT2D eigenvalue weighted by Crippen LogP contribution is 2.33. The number of carbonyl (C=O) groups is 2. The van der Waals surface area contributed by atoms with Gasteiger partial charge in [-0.15, -0.1) is 11.3 Å². The molecule has 53 heavy (non-hydrogen) atoms. The van der Waals surface area contributed by atoms with Crippen LogP contribution in [0.2, 0.25) is 0 Å². The molecule has 2 aromatic carbocycles. The number of rotatable bonds is 19. The molecule has 0 radical (unpaired) electrons. The van der Waals surface area contributed by atoms with E-state index in [1.807, 2.05) is 67.8 Å². The number of hydrogen-bond acceptors (Lipinski definition) is 12. The van der Waals surface area contributed by atoms with Gasteiger partial charge in [0.1, 0.15) is 22.0 Å². The summed E-state index contributed by atoms with van der Waals surface area (Å²) in [6.07, 6.45) is 1.47. The Morgan fingerprint density at radius 3 is 1.81 bits per heavy atom. The van der Waals surface area contributed by atoms with E-state index in [1.54, 1.807) is 17.5 Å². The molecule has 0 bridgehead atoms. The van der Waals surface area contributed by atoms with Crippen LogP contribution in [0.3, 0.4) is 0 Å². The van der Waals surface area contributed by atoms with Crippen molar-refractivity contribution in [2.75, 3.05) is 83.3 Å². The second-order valence-electron chi connectivity index (χ2n) is 14.5. The highest BCUT2D eigenvalue weighted by molar-refractivity contribution is 7.21. The van der Waals surface area contributed by atoms with Crippen molar-refractivity contribution in [3.63, 3.8) is 0 Å². The molecular weight excluding hydrogens is 697 g/mol. The SMILES string of the molecule is CN(C)c1ccc2nc(-c3ccc(-c4ccc(N(CCOCCOCCOCCOCCC(=O)OC(C)(C)C)C(=O)OC(C)(C)C)nc4)cc3)sc2c1. The number of hydrogen-bond donors (Lipinski definition) is 0. The number of thiazole rings is 1. The molecule has 1 amide bonds. The van der Waals surface area contributed by atoms with Gasteiger partial charge in [0.05, 0.1) is 76.0 Å². The zero-order valence-corrected chi connectivity index (χ0v) is 33.1. The Bertz CT molecular complexity index is 1730. The van der Waals surface area contributed by atoms with Crippen molar-refractivity contribution in [2.45, 2.75) is 59.2 Å². The lowest BCUT2D eigenvalue weighted by atomic mass is 10.1. The van der Waals surface area contributed by atoms with Crippen LogP contribution in [0.5, 0.6) is 0 Å². The van der Waals surface area contributed by atoms with Gasteiger partial charge in [-0.25, -0.2) is 14.8 Å². The number of benzene rings is 2. The van der Waals surface area contributed by atoms with E-state index in [9.17, 15) is 9.59 Å². The zero-order chi connectivity index (χ0) is 38.4. The predicted octanol–water partition coefficient (Wildman–Crippen LogP) is 7.63. The summed E-state index contributed by atoms with van der Waals surface area (Å²) in [5.74, 6) is 0.188. The maximum absolute atomic E-state index is 13.2. The molecule has 4 aromatic rings. The number of pyridine rings is 1. The summed E-state index contributed by atoms with van der Waals surface area (Å²) in [5.41, 5.74) is 3.95. The van der Waals surface area contributed by atoms with Crippen LogP contribution < -0.4 is 9.80 Å². The average molecular weight is 751 g/mol. The molecular formula is C40H54N4O8S. The zero-order valence-electron chi connectivity index (χ0n) is 32.3. The third-order valence-electron chi connectivity index (χ3n) is 7.44. The molecule has 0 atom stereocenters. The number of ether oxygens (including phenoxy) is 6. The van der Waals surface area contributed by atoms with Gasteiger partial charge in [0.25, 0.3) is 0 Å². The van der Waals surface area contributed by atoms with Crippen molar-refractivity contribution in [1.82, 2.24) is 9.97 Å². The van der Waals surface area contributed by atoms with Gasteiger partial charge >= 0.3 is 12.1 Å². The van der Waals surface area contributed by atoms with Crippen LogP contribution in [-0.2, 0) is 33.2 Å². The van der Waals surface area contributed by atoms with E-state index in [-0.39, 0.29) is 25.5 Å². The molecule has 0 fully saturated rings. The number of anilines is 2. The second-order valence-corrected chi connectivity index (χ2v) is 15.5. The monoisotopic (exact) mass is 750 g/mol. The maximum atomic E-state index is 13.2. The van der Waals surface area contributed by atoms with Crippen molar-refractivity contribution in [3.05, 3.63) is 60.8 Å². The summed E-state index contributed by atoms with van der Waals surface area (Å²) >= 11 is 1.68. The summed E-state index contributed by atoms with van der Waals surface area (Å²) in [7, 11) is 4.07. The van der Waals surface area contributed by atoms with Gasteiger partial charge in [-0.3, -0.25) is 9.69 Å². The molecule has 0 aliphatic carbocycles. The molecule has 0 saturated heterocycles. The van der Waals surface area contributed by atoms with E-state index >= 15 is 0 Å². The van der Waals surface area contributed by atoms with Crippen LogP contribution in [-0.4, -0.2) is 107 Å². The Labute approximate surface area is 317 Å². The Morgan fingerprint density at radius 2 is 1.25 bits per heavy atom. The molecule has 4 rings (SSSR count). The molecule has 12 nitrogen and oxygen atoms in total. The predicted molar refractivity (Wildman–Crippen MR) is 210 cm³/mol. The number of carbonyl (C=O) groups excluding carboxylic acids is 2. The minimum atomic E-state index is -0.669. The van der Waals surface area contributed by atoms with E-state index in [0.717, 1.165) is 37.6 Å². The normalized spacial score (nSPS) is 11.8. The third-order valence-corrected chi connectivity index (χ3v) is 8.50. The largest absolute Gasteiger partial charge is 0.460 e. The van der Waals surface area contributed by atoms with Crippen molar-refractivity contribution in [3.8, 4) is 21.7 Å². The fourth-order valence-electron chi connectivity index (χ4n) is 4.92. The van der Waals surface area contributed by atoms with Crippen molar-refractivity contribution >= 4 is 45.1 Å². The lowest BCUT2D eigenvalue weighted by Gasteiger charge is -2.26. The van der Waals surface area contributed by atoms with Gasteiger partial charge in [0.15, 0.2) is 0 Å². The quantitative estimate of drug-likeness (QED) is 0.0695. The van der Waals surface area contributed by atoms with Crippen LogP contribution in [0.4, 0.5) is 16.3 Å². The van der Waals surface area contributed by atoms with Gasteiger partial charge in [-0.05, 0) is 77.4 Å². The van der Waals surface area contributed by atoms with Crippen LogP contribution in [0.1, 0.15) is 48.0 Å². The average Bonchev–Trinajstić information content (AvgIpc) is 3.52. The van der Waals surface area contributed by atoms with Crippen molar-refractivity contribution < 1.29 is 38.0 Å². The fourth-order valence-corrected chi connectivity index (χ4v) is 5.92. The number of nitrogens with zero attached hydrogens (tertiary/aromatic N) is 4. The Hall–Kier alpha value is -4.14. The van der Waals surface area contributed by atoms with E-state index in [4.69, 9.17) is 33.4 Å². The number of aromatic nitrogens is 2. The molecule has 2 aromatic heterocycles. The molecule has 0 unspecified atom stereocenters. The lowest BCUT2D eigenvalue weighted by molar-refractivity contribution is -0.156. The second kappa shape index (κ2) is 19.8. The van der Waals surface area contributed by atoms with Crippen LogP contribution in [0.15, 0.2) is 60.8 Å². The van der Waals surface area contributed by atoms with Gasteiger partial charge < -0.3 is 33.3 Å². The van der Waals surface area contributed by atoms with Gasteiger partial charge in [-0.2, -0.15) is 0 Å². The van der Waals surface area contributed by atoms with Gasteiger partial charge in [0, 0.05) is 37.1 Å². The summed E-state index contributed by atoms with van der Waals surface area (Å²) in [4.78, 5) is 37.9. The van der Waals surface area contributed by atoms with Crippen molar-refractivity contribution in [2.24, 2.45) is 0 Å². The molecule has 0 spiro atoms. The fraction of sp³-hybridized carbons (Fsp3) is 0.500. The van der Waals surface area contributed by atoms with E-state index < -0.39 is 17.3 Å². The van der Waals surface area contributed by atoms with E-state index in [0.29, 0.717) is 52.1 Å². The molecule has 0 aliphatic heterocycles. The highest BCUT2D eigenvalue weighted by Gasteiger charge is 2.24. The summed E-state index contributed by atoms with van der Waals surface area (Å²) in [6, 6.07) is 18.3. The molecule has 2 heterocycles. The lowest BCUT2D eigenvalue weighted by Crippen LogP contribution is -2.39. The van der Waals surface area contributed by atoms with Gasteiger partial charge in [-0.1, -0.05) is 24.3 Å². The van der Waals surface area contributed by atoms with Gasteiger partial charge in [0.2, 0.25) is 0 Å². The number of amides is 1. The minimum Gasteiger partial charge on any atom is -0.460 e. The smallest absolute Gasteiger partial charge is 0.416 e. The minimum absolute atomic E-state index is 0.208. The first-order valence-corrected chi connectivity index (χ1v) is 18.7. The number of fused-ring (bicyclic) bond motifs is 1. The molecule has 0 saturated carbocycles. The maximum Gasteiger partial charge on any atom is 0.416 e. The topological polar surface area (TPSA) is 122 Å². The summed E-state index contributed by atoms with van der Waals surface area (Å²) < 4.78 is 34.3. The Morgan fingerprint density at radius 1 is 0.679 bits per heavy atom. The molecule has 0 aliphatic rings. The number of esters is 1.